The summed E-state index contributed by atoms with van der Waals surface area (Å²) >= 11 is 0. The lowest BCUT2D eigenvalue weighted by molar-refractivity contribution is 0.101. The number of amides is 1. The number of benzene rings is 2. The zero-order chi connectivity index (χ0) is 16.2. The summed E-state index contributed by atoms with van der Waals surface area (Å²) in [6, 6.07) is 17.5. The molecule has 0 bridgehead atoms. The number of carbonyl (C=O) groups is 1. The van der Waals surface area contributed by atoms with Crippen molar-refractivity contribution in [3.05, 3.63) is 76.9 Å². The molecule has 3 rings (SSSR count). The zero-order valence-electron chi connectivity index (χ0n) is 13.1. The first kappa shape index (κ1) is 15.0. The number of rotatable bonds is 2. The lowest BCUT2D eigenvalue weighted by Crippen LogP contribution is -2.29. The largest absolute Gasteiger partial charge is 0.446 e. The fourth-order valence-corrected chi connectivity index (χ4v) is 2.29. The Morgan fingerprint density at radius 1 is 1.00 bits per heavy atom. The number of ether oxygens (including phenoxy) is 1. The molecule has 4 heteroatoms. The summed E-state index contributed by atoms with van der Waals surface area (Å²) in [6.45, 7) is 3.66. The Labute approximate surface area is 135 Å². The summed E-state index contributed by atoms with van der Waals surface area (Å²) in [5, 5.41) is 1.69. The molecule has 0 atom stereocenters. The molecule has 0 fully saturated rings. The van der Waals surface area contributed by atoms with Crippen LogP contribution in [-0.4, -0.2) is 17.1 Å². The Morgan fingerprint density at radius 3 is 2.43 bits per heavy atom. The first-order valence-electron chi connectivity index (χ1n) is 7.55. The zero-order valence-corrected chi connectivity index (χ0v) is 13.1. The molecule has 1 heterocycles. The van der Waals surface area contributed by atoms with Gasteiger partial charge in [0, 0.05) is 23.2 Å². The van der Waals surface area contributed by atoms with E-state index in [-0.39, 0.29) is 6.10 Å². The molecule has 2 aromatic carbocycles. The fraction of sp³-hybridized carbons (Fsp3) is 0.158. The van der Waals surface area contributed by atoms with Crippen molar-refractivity contribution in [2.75, 3.05) is 0 Å². The number of para-hydroxylation sites is 1. The van der Waals surface area contributed by atoms with E-state index in [2.05, 4.69) is 0 Å². The van der Waals surface area contributed by atoms with Crippen molar-refractivity contribution in [3.63, 3.8) is 0 Å². The molecular formula is C19H18N2O2. The molecule has 0 spiro atoms. The second-order valence-electron chi connectivity index (χ2n) is 5.52. The molecule has 116 valence electrons. The predicted molar refractivity (Wildman–Crippen MR) is 89.6 cm³/mol. The van der Waals surface area contributed by atoms with E-state index in [0.717, 1.165) is 16.1 Å². The second kappa shape index (κ2) is 6.48. The third-order valence-corrected chi connectivity index (χ3v) is 3.33. The average Bonchev–Trinajstić information content (AvgIpc) is 2.74. The van der Waals surface area contributed by atoms with Crippen molar-refractivity contribution < 1.29 is 9.53 Å². The summed E-state index contributed by atoms with van der Waals surface area (Å²) < 4.78 is 5.31. The van der Waals surface area contributed by atoms with E-state index >= 15 is 0 Å². The van der Waals surface area contributed by atoms with E-state index in [1.54, 1.807) is 12.4 Å². The fourth-order valence-electron chi connectivity index (χ4n) is 2.29. The minimum absolute atomic E-state index is 0.181. The number of fused-ring (bicyclic) bond motifs is 1. The van der Waals surface area contributed by atoms with Crippen LogP contribution in [0.15, 0.2) is 65.8 Å². The van der Waals surface area contributed by atoms with Gasteiger partial charge in [-0.15, -0.1) is 0 Å². The van der Waals surface area contributed by atoms with Crippen LogP contribution in [0, 0.1) is 0 Å². The van der Waals surface area contributed by atoms with Crippen molar-refractivity contribution in [1.29, 1.82) is 0 Å². The van der Waals surface area contributed by atoms with Crippen LogP contribution < -0.4 is 10.6 Å². The van der Waals surface area contributed by atoms with E-state index in [1.165, 1.54) is 4.90 Å². The van der Waals surface area contributed by atoms with Crippen molar-refractivity contribution in [2.45, 2.75) is 20.0 Å². The molecule has 4 nitrogen and oxygen atoms in total. The molecule has 1 aliphatic rings. The highest BCUT2D eigenvalue weighted by molar-refractivity contribution is 5.78. The van der Waals surface area contributed by atoms with Crippen molar-refractivity contribution in [1.82, 2.24) is 4.90 Å². The summed E-state index contributed by atoms with van der Waals surface area (Å²) in [5.74, 6) is 0. The van der Waals surface area contributed by atoms with Gasteiger partial charge in [-0.05, 0) is 19.9 Å². The molecule has 0 aromatic heterocycles. The third-order valence-electron chi connectivity index (χ3n) is 3.33. The Balaban J connectivity index is 2.12. The van der Waals surface area contributed by atoms with E-state index in [9.17, 15) is 4.79 Å². The Kier molecular flexibility index (Phi) is 4.24. The van der Waals surface area contributed by atoms with E-state index in [0.29, 0.717) is 5.70 Å². The van der Waals surface area contributed by atoms with Crippen LogP contribution in [-0.2, 0) is 4.74 Å². The van der Waals surface area contributed by atoms with Crippen LogP contribution in [0.1, 0.15) is 19.4 Å². The van der Waals surface area contributed by atoms with Gasteiger partial charge in [-0.3, -0.25) is 4.90 Å². The normalized spacial score (nSPS) is 13.3. The van der Waals surface area contributed by atoms with Gasteiger partial charge in [-0.2, -0.15) is 0 Å². The van der Waals surface area contributed by atoms with Crippen molar-refractivity contribution in [3.8, 4) is 0 Å². The summed E-state index contributed by atoms with van der Waals surface area (Å²) in [5.41, 5.74) is 1.66. The Hall–Kier alpha value is -2.88. The van der Waals surface area contributed by atoms with Gasteiger partial charge >= 0.3 is 6.09 Å². The van der Waals surface area contributed by atoms with Gasteiger partial charge in [0.25, 0.3) is 0 Å². The molecule has 23 heavy (non-hydrogen) atoms. The number of nitrogens with zero attached hydrogens (tertiary/aromatic N) is 2. The van der Waals surface area contributed by atoms with Crippen molar-refractivity contribution >= 4 is 18.0 Å². The van der Waals surface area contributed by atoms with Gasteiger partial charge in [0.15, 0.2) is 0 Å². The summed E-state index contributed by atoms with van der Waals surface area (Å²) in [4.78, 5) is 18.5. The summed E-state index contributed by atoms with van der Waals surface area (Å²) in [7, 11) is 0. The van der Waals surface area contributed by atoms with Gasteiger partial charge < -0.3 is 4.74 Å². The van der Waals surface area contributed by atoms with Gasteiger partial charge in [0.05, 0.1) is 17.2 Å². The topological polar surface area (TPSA) is 41.9 Å². The second-order valence-corrected chi connectivity index (χ2v) is 5.52. The maximum atomic E-state index is 12.3. The highest BCUT2D eigenvalue weighted by Gasteiger charge is 2.15. The van der Waals surface area contributed by atoms with Crippen LogP contribution in [0.2, 0.25) is 0 Å². The van der Waals surface area contributed by atoms with Crippen LogP contribution >= 0.6 is 0 Å². The predicted octanol–water partition coefficient (Wildman–Crippen LogP) is 2.90. The monoisotopic (exact) mass is 306 g/mol. The third kappa shape index (κ3) is 3.48. The molecule has 0 unspecified atom stereocenters. The van der Waals surface area contributed by atoms with E-state index in [4.69, 9.17) is 9.73 Å². The SMILES string of the molecule is CC(C)OC(=O)N1C=C(c2ccccc2)N=c2ccccc2=C1. The van der Waals surface area contributed by atoms with Gasteiger partial charge in [-0.1, -0.05) is 48.5 Å². The average molecular weight is 306 g/mol. The molecule has 0 radical (unpaired) electrons. The number of hydrogen-bond acceptors (Lipinski definition) is 3. The lowest BCUT2D eigenvalue weighted by atomic mass is 10.2. The highest BCUT2D eigenvalue weighted by atomic mass is 16.6. The quantitative estimate of drug-likeness (QED) is 0.856. The van der Waals surface area contributed by atoms with E-state index in [1.807, 2.05) is 68.4 Å². The van der Waals surface area contributed by atoms with Gasteiger partial charge in [0.1, 0.15) is 0 Å². The maximum absolute atomic E-state index is 12.3. The maximum Gasteiger partial charge on any atom is 0.418 e. The first-order valence-corrected chi connectivity index (χ1v) is 7.55. The molecular weight excluding hydrogens is 288 g/mol. The van der Waals surface area contributed by atoms with Crippen LogP contribution in [0.5, 0.6) is 0 Å². The van der Waals surface area contributed by atoms with Crippen molar-refractivity contribution in [2.24, 2.45) is 4.99 Å². The molecule has 1 aliphatic heterocycles. The highest BCUT2D eigenvalue weighted by Crippen LogP contribution is 2.17. The van der Waals surface area contributed by atoms with Crippen LogP contribution in [0.25, 0.3) is 11.9 Å². The number of carbonyl (C=O) groups excluding carboxylic acids is 1. The van der Waals surface area contributed by atoms with Gasteiger partial charge in [0.2, 0.25) is 0 Å². The molecule has 2 aromatic rings. The minimum atomic E-state index is -0.416. The summed E-state index contributed by atoms with van der Waals surface area (Å²) in [6.07, 6.45) is 2.86. The van der Waals surface area contributed by atoms with Crippen LogP contribution in [0.4, 0.5) is 4.79 Å². The number of hydrogen-bond donors (Lipinski definition) is 0. The van der Waals surface area contributed by atoms with E-state index < -0.39 is 6.09 Å². The first-order chi connectivity index (χ1) is 11.1. The Morgan fingerprint density at radius 2 is 1.70 bits per heavy atom. The molecule has 0 saturated heterocycles. The smallest absolute Gasteiger partial charge is 0.418 e. The minimum Gasteiger partial charge on any atom is -0.446 e. The Bertz CT molecular complexity index is 854. The van der Waals surface area contributed by atoms with Crippen LogP contribution in [0.3, 0.4) is 0 Å². The lowest BCUT2D eigenvalue weighted by Gasteiger charge is -2.16. The molecule has 0 N–H and O–H groups in total. The molecule has 1 amide bonds. The molecule has 0 aliphatic carbocycles. The van der Waals surface area contributed by atoms with Gasteiger partial charge in [-0.25, -0.2) is 9.79 Å². The molecule has 0 saturated carbocycles. The standard InChI is InChI=1S/C19H18N2O2/c1-14(2)23-19(22)21-12-16-10-6-7-11-17(16)20-18(13-21)15-8-4-3-5-9-15/h3-14H,1-2H3.